The van der Waals surface area contributed by atoms with E-state index in [2.05, 4.69) is 10.6 Å². The maximum Gasteiger partial charge on any atom is 0.326 e. The van der Waals surface area contributed by atoms with Gasteiger partial charge in [0.2, 0.25) is 23.6 Å². The van der Waals surface area contributed by atoms with Crippen molar-refractivity contribution < 1.29 is 39.0 Å². The van der Waals surface area contributed by atoms with Crippen molar-refractivity contribution in [3.8, 4) is 0 Å². The van der Waals surface area contributed by atoms with Crippen LogP contribution in [0.5, 0.6) is 0 Å². The Morgan fingerprint density at radius 1 is 1.06 bits per heavy atom. The molecule has 1 heterocycles. The minimum Gasteiger partial charge on any atom is -0.481 e. The molecule has 13 heteroatoms. The predicted molar refractivity (Wildman–Crippen MR) is 110 cm³/mol. The van der Waals surface area contributed by atoms with E-state index < -0.39 is 78.5 Å². The van der Waals surface area contributed by atoms with Gasteiger partial charge in [-0.05, 0) is 25.2 Å². The SMILES string of the molecule is CC(C)C(NC(=O)C(CCC(=O)O)NC(=O)C(N)CC(N)=O)C(=O)N1CCCC1C(=O)O. The summed E-state index contributed by atoms with van der Waals surface area (Å²) in [5, 5.41) is 23.1. The molecule has 0 aromatic rings. The normalized spacial score (nSPS) is 18.5. The first-order valence-electron chi connectivity index (χ1n) is 10.2. The quantitative estimate of drug-likeness (QED) is 0.186. The summed E-state index contributed by atoms with van der Waals surface area (Å²) in [7, 11) is 0. The van der Waals surface area contributed by atoms with Gasteiger partial charge in [-0.1, -0.05) is 13.8 Å². The number of aliphatic carboxylic acids is 2. The number of likely N-dealkylation sites (tertiary alicyclic amines) is 1. The predicted octanol–water partition coefficient (Wildman–Crippen LogP) is -2.24. The zero-order valence-electron chi connectivity index (χ0n) is 18.1. The van der Waals surface area contributed by atoms with Crippen LogP contribution in [0.3, 0.4) is 0 Å². The first-order valence-corrected chi connectivity index (χ1v) is 10.2. The van der Waals surface area contributed by atoms with Crippen LogP contribution >= 0.6 is 0 Å². The van der Waals surface area contributed by atoms with E-state index in [1.165, 1.54) is 4.90 Å². The number of carboxylic acid groups (broad SMARTS) is 2. The van der Waals surface area contributed by atoms with Gasteiger partial charge in [0, 0.05) is 13.0 Å². The summed E-state index contributed by atoms with van der Waals surface area (Å²) >= 11 is 0. The average Bonchev–Trinajstić information content (AvgIpc) is 3.17. The molecular formula is C19H31N5O8. The second-order valence-corrected chi connectivity index (χ2v) is 8.03. The Morgan fingerprint density at radius 2 is 1.69 bits per heavy atom. The van der Waals surface area contributed by atoms with E-state index in [0.29, 0.717) is 12.8 Å². The van der Waals surface area contributed by atoms with Gasteiger partial charge in [-0.3, -0.25) is 24.0 Å². The zero-order chi connectivity index (χ0) is 24.6. The van der Waals surface area contributed by atoms with Gasteiger partial charge in [0.25, 0.3) is 0 Å². The maximum absolute atomic E-state index is 13.0. The molecule has 180 valence electrons. The molecule has 0 aromatic carbocycles. The summed E-state index contributed by atoms with van der Waals surface area (Å²) in [4.78, 5) is 72.6. The van der Waals surface area contributed by atoms with Gasteiger partial charge in [-0.15, -0.1) is 0 Å². The van der Waals surface area contributed by atoms with Crippen LogP contribution in [0.2, 0.25) is 0 Å². The smallest absolute Gasteiger partial charge is 0.326 e. The fourth-order valence-corrected chi connectivity index (χ4v) is 3.36. The highest BCUT2D eigenvalue weighted by Crippen LogP contribution is 2.20. The van der Waals surface area contributed by atoms with Crippen LogP contribution in [-0.4, -0.2) is 81.4 Å². The highest BCUT2D eigenvalue weighted by molar-refractivity contribution is 5.95. The molecule has 8 N–H and O–H groups in total. The molecule has 1 fully saturated rings. The second kappa shape index (κ2) is 12.0. The number of rotatable bonds is 12. The van der Waals surface area contributed by atoms with Crippen molar-refractivity contribution in [1.29, 1.82) is 0 Å². The topological polar surface area (TPSA) is 222 Å². The third kappa shape index (κ3) is 7.80. The van der Waals surface area contributed by atoms with E-state index in [0.717, 1.165) is 0 Å². The molecule has 0 bridgehead atoms. The molecule has 0 spiro atoms. The molecule has 4 unspecified atom stereocenters. The highest BCUT2D eigenvalue weighted by atomic mass is 16.4. The number of hydrogen-bond acceptors (Lipinski definition) is 7. The second-order valence-electron chi connectivity index (χ2n) is 8.03. The number of carbonyl (C=O) groups excluding carboxylic acids is 4. The first kappa shape index (κ1) is 26.8. The Labute approximate surface area is 184 Å². The van der Waals surface area contributed by atoms with Crippen LogP contribution in [0.4, 0.5) is 0 Å². The van der Waals surface area contributed by atoms with E-state index in [1.807, 2.05) is 0 Å². The van der Waals surface area contributed by atoms with E-state index in [1.54, 1.807) is 13.8 Å². The number of carboxylic acids is 2. The van der Waals surface area contributed by atoms with Gasteiger partial charge in [0.05, 0.1) is 12.5 Å². The molecule has 0 radical (unpaired) electrons. The molecule has 1 saturated heterocycles. The van der Waals surface area contributed by atoms with Crippen molar-refractivity contribution in [3.63, 3.8) is 0 Å². The number of hydrogen-bond donors (Lipinski definition) is 6. The molecule has 13 nitrogen and oxygen atoms in total. The number of nitrogens with zero attached hydrogens (tertiary/aromatic N) is 1. The van der Waals surface area contributed by atoms with Gasteiger partial charge in [-0.25, -0.2) is 4.79 Å². The zero-order valence-corrected chi connectivity index (χ0v) is 18.1. The Kier molecular flexibility index (Phi) is 10.0. The summed E-state index contributed by atoms with van der Waals surface area (Å²) in [6.45, 7) is 3.54. The molecule has 0 saturated carbocycles. The molecule has 4 atom stereocenters. The van der Waals surface area contributed by atoms with Crippen LogP contribution in [-0.2, 0) is 28.8 Å². The lowest BCUT2D eigenvalue weighted by Crippen LogP contribution is -2.58. The van der Waals surface area contributed by atoms with Crippen molar-refractivity contribution in [2.45, 2.75) is 70.1 Å². The van der Waals surface area contributed by atoms with Gasteiger partial charge < -0.3 is 37.2 Å². The van der Waals surface area contributed by atoms with Gasteiger partial charge in [0.15, 0.2) is 0 Å². The fourth-order valence-electron chi connectivity index (χ4n) is 3.36. The van der Waals surface area contributed by atoms with Crippen LogP contribution in [0.25, 0.3) is 0 Å². The van der Waals surface area contributed by atoms with Gasteiger partial charge in [-0.2, -0.15) is 0 Å². The Bertz CT molecular complexity index is 756. The summed E-state index contributed by atoms with van der Waals surface area (Å²) in [5.74, 6) is -5.89. The lowest BCUT2D eigenvalue weighted by Gasteiger charge is -2.30. The fraction of sp³-hybridized carbons (Fsp3) is 0.684. The highest BCUT2D eigenvalue weighted by Gasteiger charge is 2.39. The van der Waals surface area contributed by atoms with Crippen molar-refractivity contribution in [3.05, 3.63) is 0 Å². The molecule has 1 rings (SSSR count). The minimum atomic E-state index is -1.35. The molecule has 1 aliphatic heterocycles. The number of nitrogens with one attached hydrogen (secondary N) is 2. The van der Waals surface area contributed by atoms with Crippen LogP contribution in [0.1, 0.15) is 46.0 Å². The Hall–Kier alpha value is -3.22. The molecule has 32 heavy (non-hydrogen) atoms. The van der Waals surface area contributed by atoms with Crippen molar-refractivity contribution in [2.24, 2.45) is 17.4 Å². The monoisotopic (exact) mass is 457 g/mol. The van der Waals surface area contributed by atoms with E-state index >= 15 is 0 Å². The van der Waals surface area contributed by atoms with Crippen LogP contribution in [0, 0.1) is 5.92 Å². The summed E-state index contributed by atoms with van der Waals surface area (Å²) in [6.07, 6.45) is -0.420. The molecule has 1 aliphatic rings. The lowest BCUT2D eigenvalue weighted by atomic mass is 10.0. The molecule has 0 aliphatic carbocycles. The maximum atomic E-state index is 13.0. The lowest BCUT2D eigenvalue weighted by molar-refractivity contribution is -0.150. The summed E-state index contributed by atoms with van der Waals surface area (Å²) < 4.78 is 0. The molecular weight excluding hydrogens is 426 g/mol. The Balaban J connectivity index is 2.98. The first-order chi connectivity index (χ1) is 14.8. The van der Waals surface area contributed by atoms with Crippen molar-refractivity contribution in [1.82, 2.24) is 15.5 Å². The van der Waals surface area contributed by atoms with E-state index in [4.69, 9.17) is 16.6 Å². The number of amides is 4. The summed E-state index contributed by atoms with van der Waals surface area (Å²) in [5.41, 5.74) is 10.6. The van der Waals surface area contributed by atoms with Gasteiger partial charge >= 0.3 is 11.9 Å². The van der Waals surface area contributed by atoms with Crippen molar-refractivity contribution in [2.75, 3.05) is 6.54 Å². The molecule has 0 aromatic heterocycles. The van der Waals surface area contributed by atoms with Gasteiger partial charge in [0.1, 0.15) is 18.1 Å². The number of carbonyl (C=O) groups is 6. The largest absolute Gasteiger partial charge is 0.481 e. The molecule has 4 amide bonds. The average molecular weight is 457 g/mol. The minimum absolute atomic E-state index is 0.232. The third-order valence-corrected chi connectivity index (χ3v) is 5.09. The Morgan fingerprint density at radius 3 is 2.19 bits per heavy atom. The van der Waals surface area contributed by atoms with E-state index in [9.17, 15) is 33.9 Å². The van der Waals surface area contributed by atoms with Crippen molar-refractivity contribution >= 4 is 35.6 Å². The standard InChI is InChI=1S/C19H31N5O8/c1-9(2)15(18(30)24-7-3-4-12(24)19(31)32)23-17(29)11(5-6-14(26)27)22-16(28)10(20)8-13(21)25/h9-12,15H,3-8,20H2,1-2H3,(H2,21,25)(H,22,28)(H,23,29)(H,26,27)(H,31,32). The number of primary amides is 1. The van der Waals surface area contributed by atoms with E-state index in [-0.39, 0.29) is 13.0 Å². The number of nitrogens with two attached hydrogens (primary N) is 2. The van der Waals surface area contributed by atoms with Crippen LogP contribution in [0.15, 0.2) is 0 Å². The third-order valence-electron chi connectivity index (χ3n) is 5.09. The van der Waals surface area contributed by atoms with Crippen LogP contribution < -0.4 is 22.1 Å². The summed E-state index contributed by atoms with van der Waals surface area (Å²) in [6, 6.07) is -4.77.